The van der Waals surface area contributed by atoms with E-state index in [4.69, 9.17) is 10.8 Å². The van der Waals surface area contributed by atoms with Crippen molar-refractivity contribution in [3.05, 3.63) is 33.8 Å². The van der Waals surface area contributed by atoms with Crippen molar-refractivity contribution < 1.29 is 23.1 Å². The lowest BCUT2D eigenvalue weighted by atomic mass is 10.0. The maximum Gasteiger partial charge on any atom is 0.419 e. The van der Waals surface area contributed by atoms with Gasteiger partial charge in [0.25, 0.3) is 0 Å². The summed E-state index contributed by atoms with van der Waals surface area (Å²) in [4.78, 5) is 10.3. The Hall–Kier alpha value is -1.50. The molecule has 0 fully saturated rings. The fourth-order valence-corrected chi connectivity index (χ4v) is 1.56. The van der Waals surface area contributed by atoms with Gasteiger partial charge in [-0.2, -0.15) is 13.2 Å². The summed E-state index contributed by atoms with van der Waals surface area (Å²) in [6, 6.07) is 2.47. The van der Waals surface area contributed by atoms with Gasteiger partial charge in [-0.15, -0.1) is 0 Å². The molecule has 0 saturated heterocycles. The van der Waals surface area contributed by atoms with Gasteiger partial charge in [-0.25, -0.2) is 4.79 Å². The molecule has 17 heavy (non-hydrogen) atoms. The van der Waals surface area contributed by atoms with E-state index in [-0.39, 0.29) is 10.0 Å². The number of carboxylic acid groups (broad SMARTS) is 1. The number of aliphatic carboxylic acids is 1. The van der Waals surface area contributed by atoms with Crippen LogP contribution in [0.1, 0.15) is 11.1 Å². The maximum atomic E-state index is 12.7. The molecule has 0 aliphatic rings. The van der Waals surface area contributed by atoms with Crippen LogP contribution >= 0.6 is 15.9 Å². The van der Waals surface area contributed by atoms with Gasteiger partial charge in [-0.3, -0.25) is 0 Å². The summed E-state index contributed by atoms with van der Waals surface area (Å²) in [6.45, 7) is 0. The Kier molecular flexibility index (Phi) is 3.82. The third-order valence-corrected chi connectivity index (χ3v) is 2.60. The fraction of sp³-hybridized carbons (Fsp3) is 0.100. The number of halogens is 4. The molecule has 0 heterocycles. The van der Waals surface area contributed by atoms with Crippen LogP contribution < -0.4 is 5.73 Å². The molecule has 0 aliphatic carbocycles. The van der Waals surface area contributed by atoms with E-state index in [9.17, 15) is 18.0 Å². The second-order valence-electron chi connectivity index (χ2n) is 3.09. The molecule has 0 bridgehead atoms. The Balaban J connectivity index is 3.41. The van der Waals surface area contributed by atoms with Crippen LogP contribution in [0.2, 0.25) is 0 Å². The minimum absolute atomic E-state index is 0.109. The first-order valence-corrected chi connectivity index (χ1v) is 5.09. The average molecular weight is 310 g/mol. The van der Waals surface area contributed by atoms with Gasteiger partial charge in [0.05, 0.1) is 11.3 Å². The molecule has 3 nitrogen and oxygen atoms in total. The fourth-order valence-electron chi connectivity index (χ4n) is 1.23. The first-order chi connectivity index (χ1) is 7.73. The van der Waals surface area contributed by atoms with Crippen molar-refractivity contribution in [2.45, 2.75) is 6.18 Å². The van der Waals surface area contributed by atoms with Crippen LogP contribution in [0.3, 0.4) is 0 Å². The summed E-state index contributed by atoms with van der Waals surface area (Å²) in [5, 5.41) is 8.38. The van der Waals surface area contributed by atoms with Gasteiger partial charge in [0.15, 0.2) is 0 Å². The lowest BCUT2D eigenvalue weighted by Crippen LogP contribution is -2.11. The molecule has 0 amide bonds. The number of hydrogen-bond donors (Lipinski definition) is 2. The zero-order valence-corrected chi connectivity index (χ0v) is 9.84. The smallest absolute Gasteiger partial charge is 0.419 e. The predicted molar refractivity (Wildman–Crippen MR) is 60.2 cm³/mol. The normalized spacial score (nSPS) is 12.0. The van der Waals surface area contributed by atoms with Gasteiger partial charge in [0.1, 0.15) is 0 Å². The first kappa shape index (κ1) is 13.6. The van der Waals surface area contributed by atoms with E-state index >= 15 is 0 Å². The van der Waals surface area contributed by atoms with Crippen LogP contribution in [0.15, 0.2) is 22.7 Å². The molecule has 3 N–H and O–H groups in total. The van der Waals surface area contributed by atoms with Crippen molar-refractivity contribution in [3.8, 4) is 0 Å². The Morgan fingerprint density at radius 3 is 2.47 bits per heavy atom. The molecule has 92 valence electrons. The van der Waals surface area contributed by atoms with E-state index < -0.39 is 23.4 Å². The highest BCUT2D eigenvalue weighted by Gasteiger charge is 2.35. The average Bonchev–Trinajstić information content (AvgIpc) is 2.17. The molecule has 0 radical (unpaired) electrons. The van der Waals surface area contributed by atoms with Gasteiger partial charge in [0.2, 0.25) is 0 Å². The number of nitrogen functional groups attached to an aromatic ring is 1. The lowest BCUT2D eigenvalue weighted by Gasteiger charge is -2.14. The van der Waals surface area contributed by atoms with Crippen LogP contribution in [0.4, 0.5) is 18.9 Å². The summed E-state index contributed by atoms with van der Waals surface area (Å²) < 4.78 is 38.3. The summed E-state index contributed by atoms with van der Waals surface area (Å²) in [5.74, 6) is -1.33. The molecule has 1 aromatic carbocycles. The summed E-state index contributed by atoms with van der Waals surface area (Å²) >= 11 is 2.89. The van der Waals surface area contributed by atoms with Crippen molar-refractivity contribution in [2.24, 2.45) is 0 Å². The van der Waals surface area contributed by atoms with E-state index in [1.807, 2.05) is 0 Å². The van der Waals surface area contributed by atoms with Crippen molar-refractivity contribution in [1.82, 2.24) is 0 Å². The molecule has 0 unspecified atom stereocenters. The molecule has 0 aromatic heterocycles. The minimum Gasteiger partial charge on any atom is -0.478 e. The van der Waals surface area contributed by atoms with Crippen LogP contribution in [-0.4, -0.2) is 11.1 Å². The third kappa shape index (κ3) is 3.23. The van der Waals surface area contributed by atoms with E-state index in [2.05, 4.69) is 15.9 Å². The molecule has 1 aromatic rings. The topological polar surface area (TPSA) is 63.3 Å². The number of anilines is 1. The lowest BCUT2D eigenvalue weighted by molar-refractivity contribution is -0.137. The molecule has 0 atom stereocenters. The molecule has 7 heteroatoms. The van der Waals surface area contributed by atoms with Crippen LogP contribution in [0, 0.1) is 0 Å². The van der Waals surface area contributed by atoms with Crippen LogP contribution in [0.25, 0.3) is 6.08 Å². The van der Waals surface area contributed by atoms with E-state index in [1.54, 1.807) is 0 Å². The van der Waals surface area contributed by atoms with Crippen molar-refractivity contribution >= 4 is 33.7 Å². The Morgan fingerprint density at radius 2 is 2.00 bits per heavy atom. The van der Waals surface area contributed by atoms with Crippen molar-refractivity contribution in [3.63, 3.8) is 0 Å². The number of rotatable bonds is 2. The summed E-state index contributed by atoms with van der Waals surface area (Å²) in [5.41, 5.74) is 3.52. The van der Waals surface area contributed by atoms with E-state index in [0.717, 1.165) is 12.1 Å². The first-order valence-electron chi connectivity index (χ1n) is 4.29. The number of alkyl halides is 3. The Bertz CT molecular complexity index is 483. The highest BCUT2D eigenvalue weighted by atomic mass is 79.9. The maximum absolute atomic E-state index is 12.7. The van der Waals surface area contributed by atoms with Crippen LogP contribution in [-0.2, 0) is 11.0 Å². The van der Waals surface area contributed by atoms with Gasteiger partial charge in [-0.05, 0) is 33.6 Å². The largest absolute Gasteiger partial charge is 0.478 e. The van der Waals surface area contributed by atoms with E-state index in [1.165, 1.54) is 6.07 Å². The number of carboxylic acids is 1. The molecular formula is C10H7BrF3NO2. The SMILES string of the molecule is Nc1c(Br)ccc(/C=C/C(=O)O)c1C(F)(F)F. The number of benzene rings is 1. The number of carbonyl (C=O) groups is 1. The second-order valence-corrected chi connectivity index (χ2v) is 3.95. The molecular weight excluding hydrogens is 303 g/mol. The Labute approximate surface area is 103 Å². The highest BCUT2D eigenvalue weighted by Crippen LogP contribution is 2.39. The van der Waals surface area contributed by atoms with Gasteiger partial charge in [-0.1, -0.05) is 6.07 Å². The zero-order valence-electron chi connectivity index (χ0n) is 8.25. The third-order valence-electron chi connectivity index (χ3n) is 1.91. The minimum atomic E-state index is -4.65. The molecule has 1 rings (SSSR count). The van der Waals surface area contributed by atoms with Crippen LogP contribution in [0.5, 0.6) is 0 Å². The van der Waals surface area contributed by atoms with Crippen molar-refractivity contribution in [2.75, 3.05) is 5.73 Å². The zero-order chi connectivity index (χ0) is 13.2. The van der Waals surface area contributed by atoms with Crippen molar-refractivity contribution in [1.29, 1.82) is 0 Å². The van der Waals surface area contributed by atoms with Gasteiger partial charge >= 0.3 is 12.1 Å². The monoisotopic (exact) mass is 309 g/mol. The quantitative estimate of drug-likeness (QED) is 0.651. The molecule has 0 aliphatic heterocycles. The van der Waals surface area contributed by atoms with Gasteiger partial charge in [0, 0.05) is 10.5 Å². The predicted octanol–water partition coefficient (Wildman–Crippen LogP) is 3.15. The Morgan fingerprint density at radius 1 is 1.41 bits per heavy atom. The summed E-state index contributed by atoms with van der Waals surface area (Å²) in [6.07, 6.45) is -3.17. The standard InChI is InChI=1S/C10H7BrF3NO2/c11-6-3-1-5(2-4-7(16)17)8(9(6)15)10(12,13)14/h1-4H,15H2,(H,16,17)/b4-2+. The second kappa shape index (κ2) is 4.79. The van der Waals surface area contributed by atoms with Gasteiger partial charge < -0.3 is 10.8 Å². The number of hydrogen-bond acceptors (Lipinski definition) is 2. The highest BCUT2D eigenvalue weighted by molar-refractivity contribution is 9.10. The number of nitrogens with two attached hydrogens (primary N) is 1. The molecule has 0 saturated carbocycles. The summed E-state index contributed by atoms with van der Waals surface area (Å²) in [7, 11) is 0. The van der Waals surface area contributed by atoms with E-state index in [0.29, 0.717) is 6.08 Å². The molecule has 0 spiro atoms.